The Morgan fingerprint density at radius 1 is 1.14 bits per heavy atom. The molecule has 21 heavy (non-hydrogen) atoms. The fourth-order valence-electron chi connectivity index (χ4n) is 2.55. The van der Waals surface area contributed by atoms with E-state index >= 15 is 0 Å². The van der Waals surface area contributed by atoms with Gasteiger partial charge in [-0.1, -0.05) is 24.3 Å². The molecule has 1 unspecified atom stereocenters. The minimum atomic E-state index is -0.604. The van der Waals surface area contributed by atoms with Gasteiger partial charge in [0.1, 0.15) is 11.9 Å². The topological polar surface area (TPSA) is 55.1 Å². The maximum absolute atomic E-state index is 13.0. The highest BCUT2D eigenvalue weighted by atomic mass is 19.1. The lowest BCUT2D eigenvalue weighted by molar-refractivity contribution is -0.118. The zero-order chi connectivity index (χ0) is 14.8. The quantitative estimate of drug-likeness (QED) is 0.884. The maximum atomic E-state index is 13.0. The van der Waals surface area contributed by atoms with Crippen LogP contribution in [0, 0.1) is 5.82 Å². The van der Waals surface area contributed by atoms with E-state index in [1.807, 2.05) is 18.2 Å². The molecule has 1 fully saturated rings. The van der Waals surface area contributed by atoms with Gasteiger partial charge in [-0.25, -0.2) is 4.39 Å². The van der Waals surface area contributed by atoms with Crippen molar-refractivity contribution in [3.05, 3.63) is 65.5 Å². The van der Waals surface area contributed by atoms with Gasteiger partial charge in [-0.15, -0.1) is 0 Å². The zero-order valence-electron chi connectivity index (χ0n) is 11.6. The van der Waals surface area contributed by atoms with Crippen LogP contribution in [-0.4, -0.2) is 5.91 Å². The predicted octanol–water partition coefficient (Wildman–Crippen LogP) is 3.34. The lowest BCUT2D eigenvalue weighted by atomic mass is 9.96. The first kappa shape index (κ1) is 13.6. The van der Waals surface area contributed by atoms with E-state index in [2.05, 4.69) is 11.4 Å². The minimum absolute atomic E-state index is 0.311. The Balaban J connectivity index is 1.91. The monoisotopic (exact) mass is 284 g/mol. The molecule has 3 rings (SSSR count). The molecule has 1 atom stereocenters. The van der Waals surface area contributed by atoms with E-state index in [1.54, 1.807) is 12.1 Å². The van der Waals surface area contributed by atoms with Crippen molar-refractivity contribution in [3.8, 4) is 0 Å². The van der Waals surface area contributed by atoms with Gasteiger partial charge in [-0.2, -0.15) is 0 Å². The molecule has 3 nitrogen and oxygen atoms in total. The molecule has 108 valence electrons. The number of rotatable bonds is 5. The number of carbonyl (C=O) groups is 1. The van der Waals surface area contributed by atoms with Crippen LogP contribution in [0.4, 0.5) is 10.1 Å². The molecule has 0 aliphatic heterocycles. The highest BCUT2D eigenvalue weighted by Gasteiger charge is 2.29. The lowest BCUT2D eigenvalue weighted by Gasteiger charge is -2.20. The Morgan fingerprint density at radius 2 is 1.81 bits per heavy atom. The second kappa shape index (κ2) is 5.56. The summed E-state index contributed by atoms with van der Waals surface area (Å²) in [5.74, 6) is -0.222. The standard InChI is InChI=1S/C17H17FN2O/c18-12-7-9-13(10-8-12)20-16(17(19)21)15-4-2-1-3-14(15)11-5-6-11/h1-4,7-11,16,20H,5-6H2,(H2,19,21). The van der Waals surface area contributed by atoms with Crippen molar-refractivity contribution >= 4 is 11.6 Å². The fraction of sp³-hybridized carbons (Fsp3) is 0.235. The largest absolute Gasteiger partial charge is 0.370 e. The Hall–Kier alpha value is -2.36. The number of nitrogens with two attached hydrogens (primary N) is 1. The Morgan fingerprint density at radius 3 is 2.43 bits per heavy atom. The summed E-state index contributed by atoms with van der Waals surface area (Å²) in [4.78, 5) is 11.9. The number of hydrogen-bond acceptors (Lipinski definition) is 2. The summed E-state index contributed by atoms with van der Waals surface area (Å²) in [5, 5.41) is 3.10. The Labute approximate surface area is 123 Å². The third-order valence-electron chi connectivity index (χ3n) is 3.76. The van der Waals surface area contributed by atoms with E-state index in [-0.39, 0.29) is 5.82 Å². The first-order chi connectivity index (χ1) is 10.1. The molecule has 0 heterocycles. The SMILES string of the molecule is NC(=O)C(Nc1ccc(F)cc1)c1ccccc1C1CC1. The van der Waals surface area contributed by atoms with Gasteiger partial charge in [0.05, 0.1) is 0 Å². The van der Waals surface area contributed by atoms with Crippen LogP contribution in [0.25, 0.3) is 0 Å². The molecule has 0 spiro atoms. The molecule has 4 heteroatoms. The predicted molar refractivity (Wildman–Crippen MR) is 80.4 cm³/mol. The van der Waals surface area contributed by atoms with E-state index in [0.717, 1.165) is 18.4 Å². The minimum Gasteiger partial charge on any atom is -0.370 e. The average molecular weight is 284 g/mol. The van der Waals surface area contributed by atoms with Gasteiger partial charge >= 0.3 is 0 Å². The van der Waals surface area contributed by atoms with Crippen LogP contribution in [0.2, 0.25) is 0 Å². The molecule has 1 aliphatic rings. The molecule has 0 radical (unpaired) electrons. The normalized spacial score (nSPS) is 15.5. The molecular weight excluding hydrogens is 267 g/mol. The molecule has 0 aromatic heterocycles. The number of amides is 1. The summed E-state index contributed by atoms with van der Waals surface area (Å²) >= 11 is 0. The van der Waals surface area contributed by atoms with E-state index in [1.165, 1.54) is 17.7 Å². The van der Waals surface area contributed by atoms with E-state index in [4.69, 9.17) is 5.73 Å². The van der Waals surface area contributed by atoms with Crippen LogP contribution in [0.1, 0.15) is 35.9 Å². The second-order valence-corrected chi connectivity index (χ2v) is 5.39. The molecule has 0 saturated heterocycles. The van der Waals surface area contributed by atoms with Gasteiger partial charge in [-0.05, 0) is 54.2 Å². The van der Waals surface area contributed by atoms with Crippen LogP contribution in [0.3, 0.4) is 0 Å². The lowest BCUT2D eigenvalue weighted by Crippen LogP contribution is -2.28. The van der Waals surface area contributed by atoms with E-state index in [9.17, 15) is 9.18 Å². The first-order valence-corrected chi connectivity index (χ1v) is 7.05. The first-order valence-electron chi connectivity index (χ1n) is 7.05. The highest BCUT2D eigenvalue weighted by molar-refractivity contribution is 5.85. The highest BCUT2D eigenvalue weighted by Crippen LogP contribution is 2.43. The van der Waals surface area contributed by atoms with Crippen LogP contribution in [-0.2, 0) is 4.79 Å². The van der Waals surface area contributed by atoms with Crippen LogP contribution >= 0.6 is 0 Å². The fourth-order valence-corrected chi connectivity index (χ4v) is 2.55. The van der Waals surface area contributed by atoms with Gasteiger partial charge in [0, 0.05) is 5.69 Å². The molecule has 1 aliphatic carbocycles. The summed E-state index contributed by atoms with van der Waals surface area (Å²) in [6.45, 7) is 0. The number of benzene rings is 2. The Kier molecular flexibility index (Phi) is 3.60. The van der Waals surface area contributed by atoms with E-state index in [0.29, 0.717) is 11.6 Å². The smallest absolute Gasteiger partial charge is 0.244 e. The summed E-state index contributed by atoms with van der Waals surface area (Å²) in [6, 6.07) is 13.2. The van der Waals surface area contributed by atoms with Crippen molar-refractivity contribution in [2.75, 3.05) is 5.32 Å². The molecule has 2 aromatic rings. The molecule has 2 aromatic carbocycles. The van der Waals surface area contributed by atoms with Crippen LogP contribution < -0.4 is 11.1 Å². The number of nitrogens with one attached hydrogen (secondary N) is 1. The van der Waals surface area contributed by atoms with Gasteiger partial charge < -0.3 is 11.1 Å². The van der Waals surface area contributed by atoms with Gasteiger partial charge in [0.2, 0.25) is 5.91 Å². The number of carbonyl (C=O) groups excluding carboxylic acids is 1. The van der Waals surface area contributed by atoms with Gasteiger partial charge in [-0.3, -0.25) is 4.79 Å². The number of halogens is 1. The van der Waals surface area contributed by atoms with Crippen LogP contribution in [0.5, 0.6) is 0 Å². The van der Waals surface area contributed by atoms with Crippen molar-refractivity contribution in [1.82, 2.24) is 0 Å². The number of hydrogen-bond donors (Lipinski definition) is 2. The van der Waals surface area contributed by atoms with Crippen molar-refractivity contribution in [2.45, 2.75) is 24.8 Å². The van der Waals surface area contributed by atoms with Crippen molar-refractivity contribution in [2.24, 2.45) is 5.73 Å². The molecular formula is C17H17FN2O. The van der Waals surface area contributed by atoms with Crippen molar-refractivity contribution in [1.29, 1.82) is 0 Å². The van der Waals surface area contributed by atoms with Gasteiger partial charge in [0.15, 0.2) is 0 Å². The Bertz CT molecular complexity index is 650. The average Bonchev–Trinajstić information content (AvgIpc) is 3.31. The van der Waals surface area contributed by atoms with Gasteiger partial charge in [0.25, 0.3) is 0 Å². The molecule has 3 N–H and O–H groups in total. The maximum Gasteiger partial charge on any atom is 0.244 e. The number of anilines is 1. The van der Waals surface area contributed by atoms with Crippen molar-refractivity contribution in [3.63, 3.8) is 0 Å². The third kappa shape index (κ3) is 3.05. The summed E-state index contributed by atoms with van der Waals surface area (Å²) in [5.41, 5.74) is 8.32. The summed E-state index contributed by atoms with van der Waals surface area (Å²) in [7, 11) is 0. The zero-order valence-corrected chi connectivity index (χ0v) is 11.6. The van der Waals surface area contributed by atoms with Crippen molar-refractivity contribution < 1.29 is 9.18 Å². The molecule has 1 saturated carbocycles. The second-order valence-electron chi connectivity index (χ2n) is 5.39. The van der Waals surface area contributed by atoms with E-state index < -0.39 is 11.9 Å². The summed E-state index contributed by atoms with van der Waals surface area (Å²) < 4.78 is 13.0. The third-order valence-corrected chi connectivity index (χ3v) is 3.76. The molecule has 1 amide bonds. The summed E-state index contributed by atoms with van der Waals surface area (Å²) in [6.07, 6.45) is 2.30. The molecule has 0 bridgehead atoms. The van der Waals surface area contributed by atoms with Crippen LogP contribution in [0.15, 0.2) is 48.5 Å². The number of primary amides is 1.